The van der Waals surface area contributed by atoms with E-state index >= 15 is 0 Å². The van der Waals surface area contributed by atoms with Gasteiger partial charge in [0.15, 0.2) is 11.5 Å². The Morgan fingerprint density at radius 2 is 2.26 bits per heavy atom. The molecule has 0 aliphatic carbocycles. The van der Waals surface area contributed by atoms with E-state index in [1.54, 1.807) is 13.0 Å². The van der Waals surface area contributed by atoms with Crippen molar-refractivity contribution in [3.63, 3.8) is 0 Å². The second kappa shape index (κ2) is 5.27. The van der Waals surface area contributed by atoms with Crippen molar-refractivity contribution in [2.45, 2.75) is 25.9 Å². The third kappa shape index (κ3) is 3.11. The van der Waals surface area contributed by atoms with Crippen LogP contribution < -0.4 is 14.8 Å². The second-order valence-electron chi connectivity index (χ2n) is 4.73. The monoisotopic (exact) mass is 285 g/mol. The molecule has 1 aromatic rings. The number of amides is 1. The second-order valence-corrected chi connectivity index (χ2v) is 5.13. The number of ether oxygens (including phenoxy) is 2. The van der Waals surface area contributed by atoms with E-state index in [1.165, 1.54) is 6.07 Å². The molecule has 1 atom stereocenters. The van der Waals surface area contributed by atoms with Crippen LogP contribution in [0.3, 0.4) is 0 Å². The van der Waals surface area contributed by atoms with Crippen LogP contribution in [0.4, 0.5) is 0 Å². The number of hydrogen-bond acceptors (Lipinski definition) is 4. The quantitative estimate of drug-likeness (QED) is 0.887. The van der Waals surface area contributed by atoms with Crippen molar-refractivity contribution in [2.75, 3.05) is 13.3 Å². The molecule has 0 radical (unpaired) electrons. The number of halogens is 1. The molecule has 0 saturated heterocycles. The summed E-state index contributed by atoms with van der Waals surface area (Å²) in [7, 11) is 0. The first-order chi connectivity index (χ1) is 8.93. The molecule has 104 valence electrons. The van der Waals surface area contributed by atoms with E-state index in [1.807, 2.05) is 6.92 Å². The van der Waals surface area contributed by atoms with Crippen LogP contribution in [0.25, 0.3) is 0 Å². The molecular formula is C13H16ClNO4. The Morgan fingerprint density at radius 3 is 2.95 bits per heavy atom. The van der Waals surface area contributed by atoms with Gasteiger partial charge in [-0.25, -0.2) is 0 Å². The number of fused-ring (bicyclic) bond motifs is 1. The first-order valence-corrected chi connectivity index (χ1v) is 6.40. The SMILES string of the molecule is CCC(C)(O)CNC(=O)c1cc(Cl)c2c(c1)OCO2. The van der Waals surface area contributed by atoms with Crippen LogP contribution in [-0.4, -0.2) is 30.0 Å². The number of aliphatic hydroxyl groups is 1. The van der Waals surface area contributed by atoms with Crippen molar-refractivity contribution < 1.29 is 19.4 Å². The summed E-state index contributed by atoms with van der Waals surface area (Å²) in [5.74, 6) is 0.604. The smallest absolute Gasteiger partial charge is 0.251 e. The van der Waals surface area contributed by atoms with Crippen molar-refractivity contribution >= 4 is 17.5 Å². The molecule has 19 heavy (non-hydrogen) atoms. The van der Waals surface area contributed by atoms with Crippen LogP contribution in [0.1, 0.15) is 30.6 Å². The minimum Gasteiger partial charge on any atom is -0.454 e. The standard InChI is InChI=1S/C13H16ClNO4/c1-3-13(2,17)6-15-12(16)8-4-9(14)11-10(5-8)18-7-19-11/h4-5,17H,3,6-7H2,1-2H3,(H,15,16). The summed E-state index contributed by atoms with van der Waals surface area (Å²) < 4.78 is 10.4. The Bertz CT molecular complexity index is 502. The van der Waals surface area contributed by atoms with Crippen molar-refractivity contribution in [3.05, 3.63) is 22.7 Å². The lowest BCUT2D eigenvalue weighted by atomic mass is 10.0. The fraction of sp³-hybridized carbons (Fsp3) is 0.462. The summed E-state index contributed by atoms with van der Waals surface area (Å²) in [6, 6.07) is 3.09. The lowest BCUT2D eigenvalue weighted by Gasteiger charge is -2.21. The number of carbonyl (C=O) groups is 1. The van der Waals surface area contributed by atoms with Crippen LogP contribution >= 0.6 is 11.6 Å². The van der Waals surface area contributed by atoms with Crippen molar-refractivity contribution in [3.8, 4) is 11.5 Å². The molecule has 1 aromatic carbocycles. The molecule has 1 unspecified atom stereocenters. The van der Waals surface area contributed by atoms with Gasteiger partial charge in [-0.1, -0.05) is 18.5 Å². The predicted octanol–water partition coefficient (Wildman–Crippen LogP) is 1.96. The Balaban J connectivity index is 2.10. The number of rotatable bonds is 4. The molecule has 5 nitrogen and oxygen atoms in total. The summed E-state index contributed by atoms with van der Waals surface area (Å²) in [6.07, 6.45) is 0.551. The lowest BCUT2D eigenvalue weighted by molar-refractivity contribution is 0.0518. The zero-order chi connectivity index (χ0) is 14.0. The van der Waals surface area contributed by atoms with Gasteiger partial charge in [0.05, 0.1) is 10.6 Å². The summed E-state index contributed by atoms with van der Waals surface area (Å²) in [5, 5.41) is 12.8. The fourth-order valence-electron chi connectivity index (χ4n) is 1.60. The number of nitrogens with one attached hydrogen (secondary N) is 1. The molecule has 1 aliphatic rings. The van der Waals surface area contributed by atoms with Gasteiger partial charge in [-0.15, -0.1) is 0 Å². The average molecular weight is 286 g/mol. The van der Waals surface area contributed by atoms with Gasteiger partial charge in [0.25, 0.3) is 5.91 Å². The zero-order valence-corrected chi connectivity index (χ0v) is 11.6. The normalized spacial score (nSPS) is 16.0. The van der Waals surface area contributed by atoms with Crippen molar-refractivity contribution in [2.24, 2.45) is 0 Å². The highest BCUT2D eigenvalue weighted by atomic mass is 35.5. The predicted molar refractivity (Wildman–Crippen MR) is 70.8 cm³/mol. The number of benzene rings is 1. The minimum absolute atomic E-state index is 0.102. The molecule has 1 amide bonds. The van der Waals surface area contributed by atoms with E-state index in [0.717, 1.165) is 0 Å². The van der Waals surface area contributed by atoms with Crippen molar-refractivity contribution in [1.29, 1.82) is 0 Å². The fourth-order valence-corrected chi connectivity index (χ4v) is 1.86. The largest absolute Gasteiger partial charge is 0.454 e. The van der Waals surface area contributed by atoms with E-state index in [-0.39, 0.29) is 19.2 Å². The molecular weight excluding hydrogens is 270 g/mol. The van der Waals surface area contributed by atoms with Crippen molar-refractivity contribution in [1.82, 2.24) is 5.32 Å². The molecule has 0 saturated carbocycles. The highest BCUT2D eigenvalue weighted by Crippen LogP contribution is 2.39. The van der Waals surface area contributed by atoms with E-state index in [9.17, 15) is 9.90 Å². The van der Waals surface area contributed by atoms with E-state index in [2.05, 4.69) is 5.32 Å². The van der Waals surface area contributed by atoms with Crippen LogP contribution in [-0.2, 0) is 0 Å². The topological polar surface area (TPSA) is 67.8 Å². The van der Waals surface area contributed by atoms with Gasteiger partial charge in [-0.05, 0) is 25.5 Å². The van der Waals surface area contributed by atoms with Gasteiger partial charge in [0.1, 0.15) is 0 Å². The van der Waals surface area contributed by atoms with Gasteiger partial charge < -0.3 is 19.9 Å². The maximum Gasteiger partial charge on any atom is 0.251 e. The molecule has 2 N–H and O–H groups in total. The molecule has 0 bridgehead atoms. The van der Waals surface area contributed by atoms with E-state index < -0.39 is 5.60 Å². The maximum atomic E-state index is 12.0. The van der Waals surface area contributed by atoms with E-state index in [4.69, 9.17) is 21.1 Å². The van der Waals surface area contributed by atoms with Gasteiger partial charge in [-0.2, -0.15) is 0 Å². The number of carbonyl (C=O) groups excluding carboxylic acids is 1. The summed E-state index contributed by atoms with van der Waals surface area (Å²) in [4.78, 5) is 12.0. The molecule has 2 rings (SSSR count). The van der Waals surface area contributed by atoms with Gasteiger partial charge >= 0.3 is 0 Å². The Morgan fingerprint density at radius 1 is 1.53 bits per heavy atom. The third-order valence-electron chi connectivity index (χ3n) is 3.08. The van der Waals surface area contributed by atoms with Crippen LogP contribution in [0.5, 0.6) is 11.5 Å². The molecule has 6 heteroatoms. The lowest BCUT2D eigenvalue weighted by Crippen LogP contribution is -2.40. The molecule has 0 aromatic heterocycles. The molecule has 1 heterocycles. The average Bonchev–Trinajstić information content (AvgIpc) is 2.85. The highest BCUT2D eigenvalue weighted by Gasteiger charge is 2.22. The maximum absolute atomic E-state index is 12.0. The summed E-state index contributed by atoms with van der Waals surface area (Å²) in [6.45, 7) is 3.79. The molecule has 0 spiro atoms. The van der Waals surface area contributed by atoms with Gasteiger partial charge in [0, 0.05) is 12.1 Å². The Labute approximate surface area is 116 Å². The molecule has 1 aliphatic heterocycles. The summed E-state index contributed by atoms with van der Waals surface area (Å²) in [5.41, 5.74) is -0.545. The highest BCUT2D eigenvalue weighted by molar-refractivity contribution is 6.32. The first kappa shape index (κ1) is 14.0. The van der Waals surface area contributed by atoms with E-state index in [0.29, 0.717) is 28.5 Å². The van der Waals surface area contributed by atoms with Gasteiger partial charge in [0.2, 0.25) is 6.79 Å². The van der Waals surface area contributed by atoms with Crippen LogP contribution in [0.15, 0.2) is 12.1 Å². The van der Waals surface area contributed by atoms with Crippen LogP contribution in [0.2, 0.25) is 5.02 Å². The Hall–Kier alpha value is -1.46. The first-order valence-electron chi connectivity index (χ1n) is 6.02. The van der Waals surface area contributed by atoms with Gasteiger partial charge in [-0.3, -0.25) is 4.79 Å². The zero-order valence-electron chi connectivity index (χ0n) is 10.8. The minimum atomic E-state index is -0.921. The Kier molecular flexibility index (Phi) is 3.87. The third-order valence-corrected chi connectivity index (χ3v) is 3.36. The van der Waals surface area contributed by atoms with Crippen LogP contribution in [0, 0.1) is 0 Å². The molecule has 0 fully saturated rings. The number of hydrogen-bond donors (Lipinski definition) is 2. The summed E-state index contributed by atoms with van der Waals surface area (Å²) >= 11 is 6.00.